The number of carbonyl (C=O) groups excluding carboxylic acids is 1. The molecule has 2 aromatic rings. The first-order valence-corrected chi connectivity index (χ1v) is 6.39. The average molecular weight is 260 g/mol. The normalized spacial score (nSPS) is 19.7. The van der Waals surface area contributed by atoms with E-state index in [1.807, 2.05) is 11.8 Å². The number of rotatable bonds is 2. The van der Waals surface area contributed by atoms with E-state index in [2.05, 4.69) is 10.3 Å². The van der Waals surface area contributed by atoms with Crippen molar-refractivity contribution in [2.24, 2.45) is 0 Å². The van der Waals surface area contributed by atoms with Crippen LogP contribution in [0.25, 0.3) is 11.1 Å². The van der Waals surface area contributed by atoms with Crippen LogP contribution in [0.15, 0.2) is 22.6 Å². The predicted octanol–water partition coefficient (Wildman–Crippen LogP) is 1.12. The fourth-order valence-corrected chi connectivity index (χ4v) is 2.40. The van der Waals surface area contributed by atoms with Crippen LogP contribution in [0, 0.1) is 0 Å². The van der Waals surface area contributed by atoms with Gasteiger partial charge in [0.2, 0.25) is 5.91 Å². The number of piperazine rings is 1. The third kappa shape index (κ3) is 1.99. The zero-order valence-electron chi connectivity index (χ0n) is 10.7. The highest BCUT2D eigenvalue weighted by atomic mass is 16.4. The highest BCUT2D eigenvalue weighted by molar-refractivity contribution is 5.86. The minimum atomic E-state index is -0.223. The summed E-state index contributed by atoms with van der Waals surface area (Å²) in [7, 11) is 0. The Morgan fingerprint density at radius 3 is 3.21 bits per heavy atom. The third-order valence-electron chi connectivity index (χ3n) is 3.36. The van der Waals surface area contributed by atoms with Crippen LogP contribution in [0.3, 0.4) is 0 Å². The van der Waals surface area contributed by atoms with E-state index in [-0.39, 0.29) is 11.9 Å². The quantitative estimate of drug-likeness (QED) is 0.791. The maximum Gasteiger partial charge on any atom is 0.299 e. The predicted molar refractivity (Wildman–Crippen MR) is 72.9 cm³/mol. The summed E-state index contributed by atoms with van der Waals surface area (Å²) in [6.45, 7) is 3.28. The van der Waals surface area contributed by atoms with Crippen LogP contribution in [-0.2, 0) is 4.79 Å². The summed E-state index contributed by atoms with van der Waals surface area (Å²) in [5.74, 6) is 0.0236. The second kappa shape index (κ2) is 4.46. The smallest absolute Gasteiger partial charge is 0.299 e. The van der Waals surface area contributed by atoms with Crippen LogP contribution in [0.4, 0.5) is 11.7 Å². The molecule has 0 spiro atoms. The molecule has 6 nitrogen and oxygen atoms in total. The van der Waals surface area contributed by atoms with Crippen molar-refractivity contribution in [3.8, 4) is 0 Å². The topological polar surface area (TPSA) is 84.4 Å². The molecule has 0 bridgehead atoms. The molecule has 100 valence electrons. The lowest BCUT2D eigenvalue weighted by Gasteiger charge is -2.33. The molecule has 1 fully saturated rings. The Kier molecular flexibility index (Phi) is 2.77. The molecule has 3 N–H and O–H groups in total. The first-order valence-electron chi connectivity index (χ1n) is 6.39. The Hall–Kier alpha value is -2.24. The van der Waals surface area contributed by atoms with Crippen molar-refractivity contribution in [3.63, 3.8) is 0 Å². The molecular weight excluding hydrogens is 244 g/mol. The summed E-state index contributed by atoms with van der Waals surface area (Å²) in [6, 6.07) is 5.61. The Morgan fingerprint density at radius 1 is 1.58 bits per heavy atom. The number of anilines is 2. The van der Waals surface area contributed by atoms with Crippen molar-refractivity contribution in [2.75, 3.05) is 23.7 Å². The first-order chi connectivity index (χ1) is 9.19. The number of nitrogens with two attached hydrogens (primary N) is 1. The molecule has 2 heterocycles. The number of benzene rings is 1. The highest BCUT2D eigenvalue weighted by Gasteiger charge is 2.31. The molecule has 6 heteroatoms. The van der Waals surface area contributed by atoms with E-state index < -0.39 is 0 Å². The van der Waals surface area contributed by atoms with Gasteiger partial charge >= 0.3 is 0 Å². The maximum absolute atomic E-state index is 11.8. The minimum absolute atomic E-state index is 0.0236. The molecular formula is C13H16N4O2. The standard InChI is InChI=1S/C13H16N4O2/c1-2-10-12(18)15-5-6-17(10)13-16-9-7-8(14)3-4-11(9)19-13/h3-4,7,10H,2,5-6,14H2,1H3,(H,15,18). The van der Waals surface area contributed by atoms with Gasteiger partial charge in [-0.1, -0.05) is 6.92 Å². The maximum atomic E-state index is 11.8. The largest absolute Gasteiger partial charge is 0.423 e. The van der Waals surface area contributed by atoms with Crippen LogP contribution in [-0.4, -0.2) is 30.0 Å². The van der Waals surface area contributed by atoms with Crippen molar-refractivity contribution >= 4 is 28.7 Å². The molecule has 0 saturated carbocycles. The van der Waals surface area contributed by atoms with Crippen LogP contribution >= 0.6 is 0 Å². The van der Waals surface area contributed by atoms with Gasteiger partial charge in [-0.2, -0.15) is 4.98 Å². The molecule has 1 atom stereocenters. The Bertz CT molecular complexity index is 622. The lowest BCUT2D eigenvalue weighted by atomic mass is 10.1. The van der Waals surface area contributed by atoms with Crippen LogP contribution in [0.5, 0.6) is 0 Å². The van der Waals surface area contributed by atoms with Gasteiger partial charge in [-0.15, -0.1) is 0 Å². The van der Waals surface area contributed by atoms with Crippen molar-refractivity contribution in [1.82, 2.24) is 10.3 Å². The summed E-state index contributed by atoms with van der Waals surface area (Å²) in [4.78, 5) is 18.2. The van der Waals surface area contributed by atoms with Gasteiger partial charge in [0.1, 0.15) is 11.6 Å². The zero-order chi connectivity index (χ0) is 13.4. The first kappa shape index (κ1) is 11.8. The summed E-state index contributed by atoms with van der Waals surface area (Å²) in [5, 5.41) is 2.86. The van der Waals surface area contributed by atoms with E-state index in [1.54, 1.807) is 18.2 Å². The molecule has 1 aromatic carbocycles. The van der Waals surface area contributed by atoms with E-state index in [0.29, 0.717) is 36.8 Å². The average Bonchev–Trinajstić information content (AvgIpc) is 2.81. The molecule has 1 aromatic heterocycles. The highest BCUT2D eigenvalue weighted by Crippen LogP contribution is 2.26. The van der Waals surface area contributed by atoms with E-state index in [4.69, 9.17) is 10.2 Å². The lowest BCUT2D eigenvalue weighted by molar-refractivity contribution is -0.123. The number of fused-ring (bicyclic) bond motifs is 1. The Balaban J connectivity index is 2.00. The van der Waals surface area contributed by atoms with Crippen molar-refractivity contribution in [3.05, 3.63) is 18.2 Å². The number of oxazole rings is 1. The molecule has 1 aliphatic heterocycles. The number of hydrogen-bond donors (Lipinski definition) is 2. The van der Waals surface area contributed by atoms with E-state index in [9.17, 15) is 4.79 Å². The molecule has 0 aliphatic carbocycles. The van der Waals surface area contributed by atoms with Crippen LogP contribution in [0.1, 0.15) is 13.3 Å². The van der Waals surface area contributed by atoms with Gasteiger partial charge in [0, 0.05) is 18.8 Å². The number of nitrogens with one attached hydrogen (secondary N) is 1. The third-order valence-corrected chi connectivity index (χ3v) is 3.36. The molecule has 1 amide bonds. The fourth-order valence-electron chi connectivity index (χ4n) is 2.40. The number of nitrogens with zero attached hydrogens (tertiary/aromatic N) is 2. The number of nitrogen functional groups attached to an aromatic ring is 1. The second-order valence-electron chi connectivity index (χ2n) is 4.63. The van der Waals surface area contributed by atoms with Crippen molar-refractivity contribution < 1.29 is 9.21 Å². The van der Waals surface area contributed by atoms with Crippen LogP contribution in [0.2, 0.25) is 0 Å². The lowest BCUT2D eigenvalue weighted by Crippen LogP contribution is -2.55. The minimum Gasteiger partial charge on any atom is -0.423 e. The van der Waals surface area contributed by atoms with Gasteiger partial charge in [0.15, 0.2) is 5.58 Å². The van der Waals surface area contributed by atoms with Gasteiger partial charge in [-0.05, 0) is 24.6 Å². The van der Waals surface area contributed by atoms with E-state index in [0.717, 1.165) is 5.52 Å². The molecule has 0 radical (unpaired) electrons. The van der Waals surface area contributed by atoms with Crippen LogP contribution < -0.4 is 16.0 Å². The van der Waals surface area contributed by atoms with E-state index >= 15 is 0 Å². The summed E-state index contributed by atoms with van der Waals surface area (Å²) in [6.07, 6.45) is 0.715. The van der Waals surface area contributed by atoms with Gasteiger partial charge in [-0.3, -0.25) is 4.79 Å². The molecule has 1 aliphatic rings. The Morgan fingerprint density at radius 2 is 2.42 bits per heavy atom. The summed E-state index contributed by atoms with van der Waals surface area (Å²) in [5.41, 5.74) is 7.78. The van der Waals surface area contributed by atoms with Gasteiger partial charge < -0.3 is 20.4 Å². The van der Waals surface area contributed by atoms with E-state index in [1.165, 1.54) is 0 Å². The summed E-state index contributed by atoms with van der Waals surface area (Å²) >= 11 is 0. The zero-order valence-corrected chi connectivity index (χ0v) is 10.7. The molecule has 1 saturated heterocycles. The molecule has 1 unspecified atom stereocenters. The fraction of sp³-hybridized carbons (Fsp3) is 0.385. The SMILES string of the molecule is CCC1C(=O)NCCN1c1nc2cc(N)ccc2o1. The monoisotopic (exact) mass is 260 g/mol. The van der Waals surface area contributed by atoms with Gasteiger partial charge in [0.05, 0.1) is 0 Å². The van der Waals surface area contributed by atoms with Crippen molar-refractivity contribution in [1.29, 1.82) is 0 Å². The summed E-state index contributed by atoms with van der Waals surface area (Å²) < 4.78 is 5.72. The van der Waals surface area contributed by atoms with Crippen molar-refractivity contribution in [2.45, 2.75) is 19.4 Å². The Labute approximate surface area is 110 Å². The van der Waals surface area contributed by atoms with Gasteiger partial charge in [0.25, 0.3) is 6.01 Å². The molecule has 19 heavy (non-hydrogen) atoms. The second-order valence-corrected chi connectivity index (χ2v) is 4.63. The number of carbonyl (C=O) groups is 1. The van der Waals surface area contributed by atoms with Gasteiger partial charge in [-0.25, -0.2) is 0 Å². The number of aromatic nitrogens is 1. The number of hydrogen-bond acceptors (Lipinski definition) is 5. The molecule has 3 rings (SSSR count). The number of amides is 1.